The molecule has 0 atom stereocenters. The molecule has 0 unspecified atom stereocenters. The zero-order valence-corrected chi connectivity index (χ0v) is 12.8. The molecule has 1 saturated heterocycles. The van der Waals surface area contributed by atoms with Crippen molar-refractivity contribution in [2.75, 3.05) is 18.8 Å². The maximum Gasteiger partial charge on any atom is 0.417 e. The Morgan fingerprint density at radius 2 is 2.05 bits per heavy atom. The zero-order chi connectivity index (χ0) is 16.4. The summed E-state index contributed by atoms with van der Waals surface area (Å²) < 4.78 is 67.6. The predicted molar refractivity (Wildman–Crippen MR) is 73.9 cm³/mol. The molecule has 1 fully saturated rings. The summed E-state index contributed by atoms with van der Waals surface area (Å²) in [6.07, 6.45) is -2.72. The number of pyridine rings is 1. The highest BCUT2D eigenvalue weighted by Gasteiger charge is 2.37. The van der Waals surface area contributed by atoms with E-state index in [1.54, 1.807) is 0 Å². The van der Waals surface area contributed by atoms with Gasteiger partial charge in [-0.3, -0.25) is 0 Å². The Morgan fingerprint density at radius 1 is 1.36 bits per heavy atom. The minimum atomic E-state index is -4.44. The Morgan fingerprint density at radius 3 is 2.55 bits per heavy atom. The summed E-state index contributed by atoms with van der Waals surface area (Å²) in [5.74, 6) is 0.165. The van der Waals surface area contributed by atoms with E-state index >= 15 is 0 Å². The molecular weight excluding hydrogens is 321 g/mol. The first-order valence-corrected chi connectivity index (χ1v) is 8.51. The van der Waals surface area contributed by atoms with E-state index in [0.717, 1.165) is 18.6 Å². The Hall–Kier alpha value is -1.35. The van der Waals surface area contributed by atoms with Crippen LogP contribution in [-0.4, -0.2) is 42.7 Å². The third-order valence-electron chi connectivity index (χ3n) is 3.31. The summed E-state index contributed by atoms with van der Waals surface area (Å²) in [6, 6.07) is 2.02. The Labute approximate surface area is 127 Å². The smallest absolute Gasteiger partial charge is 0.417 e. The molecule has 0 N–H and O–H groups in total. The lowest BCUT2D eigenvalue weighted by Gasteiger charge is -2.37. The van der Waals surface area contributed by atoms with Gasteiger partial charge in [0.1, 0.15) is 6.10 Å². The average Bonchev–Trinajstić information content (AvgIpc) is 2.39. The van der Waals surface area contributed by atoms with Crippen LogP contribution in [-0.2, 0) is 16.2 Å². The van der Waals surface area contributed by atoms with Gasteiger partial charge in [0.05, 0.1) is 24.4 Å². The molecule has 1 aliphatic rings. The highest BCUT2D eigenvalue weighted by atomic mass is 32.2. The highest BCUT2D eigenvalue weighted by molar-refractivity contribution is 7.89. The number of unbranched alkanes of at least 4 members (excludes halogenated alkanes) is 1. The van der Waals surface area contributed by atoms with E-state index in [1.165, 1.54) is 4.31 Å². The fourth-order valence-corrected chi connectivity index (χ4v) is 3.65. The van der Waals surface area contributed by atoms with Crippen LogP contribution in [0, 0.1) is 0 Å². The second-order valence-electron chi connectivity index (χ2n) is 5.11. The summed E-state index contributed by atoms with van der Waals surface area (Å²) in [4.78, 5) is 3.59. The average molecular weight is 338 g/mol. The van der Waals surface area contributed by atoms with Crippen molar-refractivity contribution in [1.82, 2.24) is 9.29 Å². The van der Waals surface area contributed by atoms with Crippen molar-refractivity contribution in [1.29, 1.82) is 0 Å². The summed E-state index contributed by atoms with van der Waals surface area (Å²) in [5, 5.41) is 0. The molecule has 5 nitrogen and oxygen atoms in total. The van der Waals surface area contributed by atoms with Crippen molar-refractivity contribution in [3.8, 4) is 5.88 Å². The first-order valence-electron chi connectivity index (χ1n) is 6.90. The van der Waals surface area contributed by atoms with Crippen molar-refractivity contribution >= 4 is 10.0 Å². The number of halogens is 3. The molecule has 1 aromatic heterocycles. The minimum absolute atomic E-state index is 0.0589. The summed E-state index contributed by atoms with van der Waals surface area (Å²) in [7, 11) is -3.25. The molecule has 0 saturated carbocycles. The normalized spacial score (nSPS) is 17.3. The monoisotopic (exact) mass is 338 g/mol. The number of hydrogen-bond donors (Lipinski definition) is 0. The van der Waals surface area contributed by atoms with Gasteiger partial charge in [-0.1, -0.05) is 13.3 Å². The molecule has 1 aromatic rings. The quantitative estimate of drug-likeness (QED) is 0.798. The standard InChI is InChI=1S/C13H17F3N2O3S/c1-2-3-6-22(19,20)18-8-11(9-18)21-12-5-4-10(7-17-12)13(14,15)16/h4-5,7,11H,2-3,6,8-9H2,1H3. The van der Waals surface area contributed by atoms with E-state index in [1.807, 2.05) is 6.92 Å². The molecule has 9 heteroatoms. The molecule has 0 aliphatic carbocycles. The van der Waals surface area contributed by atoms with Crippen LogP contribution in [0.4, 0.5) is 13.2 Å². The van der Waals surface area contributed by atoms with E-state index in [4.69, 9.17) is 4.74 Å². The van der Waals surface area contributed by atoms with Gasteiger partial charge in [-0.15, -0.1) is 0 Å². The minimum Gasteiger partial charge on any atom is -0.472 e. The Bertz CT molecular complexity index is 596. The Kier molecular flexibility index (Phi) is 4.96. The van der Waals surface area contributed by atoms with Crippen molar-refractivity contribution in [3.63, 3.8) is 0 Å². The molecule has 0 amide bonds. The second kappa shape index (κ2) is 6.41. The maximum absolute atomic E-state index is 12.4. The van der Waals surface area contributed by atoms with E-state index < -0.39 is 21.8 Å². The lowest BCUT2D eigenvalue weighted by Crippen LogP contribution is -2.56. The van der Waals surface area contributed by atoms with Gasteiger partial charge in [0.25, 0.3) is 0 Å². The van der Waals surface area contributed by atoms with E-state index in [9.17, 15) is 21.6 Å². The summed E-state index contributed by atoms with van der Waals surface area (Å²) >= 11 is 0. The lowest BCUT2D eigenvalue weighted by molar-refractivity contribution is -0.137. The first kappa shape index (κ1) is 17.0. The van der Waals surface area contributed by atoms with Crippen molar-refractivity contribution < 1.29 is 26.3 Å². The van der Waals surface area contributed by atoms with Crippen LogP contribution in [0.15, 0.2) is 18.3 Å². The SMILES string of the molecule is CCCCS(=O)(=O)N1CC(Oc2ccc(C(F)(F)F)cn2)C1. The van der Waals surface area contributed by atoms with Gasteiger partial charge < -0.3 is 4.74 Å². The fraction of sp³-hybridized carbons (Fsp3) is 0.615. The highest BCUT2D eigenvalue weighted by Crippen LogP contribution is 2.29. The third-order valence-corrected chi connectivity index (χ3v) is 5.20. The van der Waals surface area contributed by atoms with Crippen LogP contribution in [0.2, 0.25) is 0 Å². The number of nitrogens with zero attached hydrogens (tertiary/aromatic N) is 2. The molecule has 0 radical (unpaired) electrons. The Balaban J connectivity index is 1.85. The van der Waals surface area contributed by atoms with Crippen LogP contribution in [0.3, 0.4) is 0 Å². The molecule has 2 rings (SSSR count). The molecule has 0 spiro atoms. The fourth-order valence-electron chi connectivity index (χ4n) is 1.95. The largest absolute Gasteiger partial charge is 0.472 e. The number of alkyl halides is 3. The number of hydrogen-bond acceptors (Lipinski definition) is 4. The van der Waals surface area contributed by atoms with Gasteiger partial charge >= 0.3 is 6.18 Å². The van der Waals surface area contributed by atoms with Crippen LogP contribution in [0.1, 0.15) is 25.3 Å². The van der Waals surface area contributed by atoms with Crippen molar-refractivity contribution in [2.24, 2.45) is 0 Å². The lowest BCUT2D eigenvalue weighted by atomic mass is 10.2. The predicted octanol–water partition coefficient (Wildman–Crippen LogP) is 2.29. The topological polar surface area (TPSA) is 59.5 Å². The van der Waals surface area contributed by atoms with Gasteiger partial charge in [-0.2, -0.15) is 17.5 Å². The molecule has 2 heterocycles. The first-order chi connectivity index (χ1) is 10.2. The molecule has 0 bridgehead atoms. The van der Waals surface area contributed by atoms with Crippen molar-refractivity contribution in [2.45, 2.75) is 32.0 Å². The molecule has 124 valence electrons. The van der Waals surface area contributed by atoms with Crippen LogP contribution >= 0.6 is 0 Å². The van der Waals surface area contributed by atoms with E-state index in [2.05, 4.69) is 4.98 Å². The van der Waals surface area contributed by atoms with Gasteiger partial charge in [-0.05, 0) is 12.5 Å². The van der Waals surface area contributed by atoms with E-state index in [-0.39, 0.29) is 30.8 Å². The van der Waals surface area contributed by atoms with Gasteiger partial charge in [-0.25, -0.2) is 13.4 Å². The molecule has 1 aliphatic heterocycles. The number of rotatable bonds is 6. The van der Waals surface area contributed by atoms with Crippen LogP contribution < -0.4 is 4.74 Å². The van der Waals surface area contributed by atoms with Crippen LogP contribution in [0.5, 0.6) is 5.88 Å². The zero-order valence-electron chi connectivity index (χ0n) is 12.0. The van der Waals surface area contributed by atoms with E-state index in [0.29, 0.717) is 12.6 Å². The van der Waals surface area contributed by atoms with Crippen molar-refractivity contribution in [3.05, 3.63) is 23.9 Å². The molecule has 0 aromatic carbocycles. The second-order valence-corrected chi connectivity index (χ2v) is 7.20. The van der Waals surface area contributed by atoms with Gasteiger partial charge in [0.15, 0.2) is 0 Å². The van der Waals surface area contributed by atoms with Gasteiger partial charge in [0.2, 0.25) is 15.9 Å². The number of sulfonamides is 1. The number of ether oxygens (including phenoxy) is 1. The molecular formula is C13H17F3N2O3S. The molecule has 22 heavy (non-hydrogen) atoms. The maximum atomic E-state index is 12.4. The summed E-state index contributed by atoms with van der Waals surface area (Å²) in [5.41, 5.74) is -0.850. The summed E-state index contributed by atoms with van der Waals surface area (Å²) in [6.45, 7) is 2.32. The third kappa shape index (κ3) is 4.10. The van der Waals surface area contributed by atoms with Gasteiger partial charge in [0, 0.05) is 12.3 Å². The number of aromatic nitrogens is 1. The van der Waals surface area contributed by atoms with Crippen LogP contribution in [0.25, 0.3) is 0 Å².